The van der Waals surface area contributed by atoms with Crippen LogP contribution in [0.4, 0.5) is 11.4 Å². The van der Waals surface area contributed by atoms with E-state index in [9.17, 15) is 18.6 Å². The quantitative estimate of drug-likeness (QED) is 0.235. The Morgan fingerprint density at radius 2 is 1.62 bits per heavy atom. The van der Waals surface area contributed by atoms with Gasteiger partial charge < -0.3 is 25.2 Å². The number of phenolic OH excluding ortho intramolecular Hbond substituents is 1. The molecule has 4 N–H and O–H groups in total. The summed E-state index contributed by atoms with van der Waals surface area (Å²) in [6.07, 6.45) is 7.62. The first-order chi connectivity index (χ1) is 17.8. The molecule has 0 radical (unpaired) electrons. The van der Waals surface area contributed by atoms with Gasteiger partial charge in [-0.05, 0) is 67.8 Å². The molecule has 1 heterocycles. The van der Waals surface area contributed by atoms with Gasteiger partial charge in [0.1, 0.15) is 24.2 Å². The van der Waals surface area contributed by atoms with Crippen molar-refractivity contribution in [3.8, 4) is 11.5 Å². The van der Waals surface area contributed by atoms with E-state index in [1.165, 1.54) is 19.3 Å². The van der Waals surface area contributed by atoms with Gasteiger partial charge in [-0.25, -0.2) is 8.42 Å². The molecule has 2 aromatic carbocycles. The van der Waals surface area contributed by atoms with Crippen molar-refractivity contribution < 1.29 is 23.4 Å². The van der Waals surface area contributed by atoms with Crippen molar-refractivity contribution >= 4 is 21.4 Å². The number of rotatable bonds is 16. The van der Waals surface area contributed by atoms with E-state index in [2.05, 4.69) is 21.9 Å². The number of nitrogens with one attached hydrogen (secondary N) is 2. The van der Waals surface area contributed by atoms with Gasteiger partial charge in [0.2, 0.25) is 10.0 Å². The average Bonchev–Trinajstić information content (AvgIpc) is 2.90. The van der Waals surface area contributed by atoms with Gasteiger partial charge in [0, 0.05) is 37.1 Å². The second-order valence-corrected chi connectivity index (χ2v) is 11.7. The minimum atomic E-state index is -3.32. The summed E-state index contributed by atoms with van der Waals surface area (Å²) in [6, 6.07) is 14.4. The van der Waals surface area contributed by atoms with Crippen LogP contribution >= 0.6 is 0 Å². The van der Waals surface area contributed by atoms with E-state index in [-0.39, 0.29) is 18.1 Å². The molecule has 0 amide bonds. The van der Waals surface area contributed by atoms with Crippen LogP contribution in [0.1, 0.15) is 58.3 Å². The number of nitrogens with zero attached hydrogens (tertiary/aromatic N) is 1. The topological polar surface area (TPSA) is 111 Å². The molecule has 3 rings (SSSR count). The van der Waals surface area contributed by atoms with Crippen LogP contribution in [0.3, 0.4) is 0 Å². The highest BCUT2D eigenvalue weighted by molar-refractivity contribution is 7.92. The first-order valence-electron chi connectivity index (χ1n) is 13.5. The van der Waals surface area contributed by atoms with Crippen LogP contribution in [0.2, 0.25) is 0 Å². The third kappa shape index (κ3) is 10.8. The Labute approximate surface area is 222 Å². The smallest absolute Gasteiger partial charge is 0.232 e. The molecule has 206 valence electrons. The number of anilines is 2. The van der Waals surface area contributed by atoms with Crippen LogP contribution in [-0.4, -0.2) is 62.8 Å². The minimum Gasteiger partial charge on any atom is -0.508 e. The molecule has 8 nitrogen and oxygen atoms in total. The molecule has 1 saturated heterocycles. The Bertz CT molecular complexity index is 1010. The van der Waals surface area contributed by atoms with Crippen LogP contribution in [0.5, 0.6) is 11.5 Å². The maximum atomic E-state index is 12.4. The van der Waals surface area contributed by atoms with E-state index in [1.807, 2.05) is 24.3 Å². The summed E-state index contributed by atoms with van der Waals surface area (Å²) in [6.45, 7) is 4.59. The monoisotopic (exact) mass is 533 g/mol. The van der Waals surface area contributed by atoms with E-state index in [1.54, 1.807) is 24.3 Å². The Morgan fingerprint density at radius 3 is 2.30 bits per heavy atom. The summed E-state index contributed by atoms with van der Waals surface area (Å²) >= 11 is 0. The molecule has 9 heteroatoms. The van der Waals surface area contributed by atoms with Crippen LogP contribution < -0.4 is 19.7 Å². The van der Waals surface area contributed by atoms with E-state index in [0.29, 0.717) is 30.4 Å². The second kappa shape index (κ2) is 15.1. The number of aliphatic hydroxyl groups excluding tert-OH is 1. The van der Waals surface area contributed by atoms with Gasteiger partial charge in [0.05, 0.1) is 5.75 Å². The zero-order valence-corrected chi connectivity index (χ0v) is 22.8. The Hall–Kier alpha value is -2.49. The van der Waals surface area contributed by atoms with Crippen molar-refractivity contribution in [2.24, 2.45) is 0 Å². The molecule has 0 unspecified atom stereocenters. The molecule has 0 saturated carbocycles. The first-order valence-corrected chi connectivity index (χ1v) is 15.2. The number of aliphatic hydroxyl groups is 1. The molecule has 1 fully saturated rings. The lowest BCUT2D eigenvalue weighted by atomic mass is 10.0. The highest BCUT2D eigenvalue weighted by Crippen LogP contribution is 2.23. The third-order valence-electron chi connectivity index (χ3n) is 6.69. The molecular formula is C28H43N3O5S. The van der Waals surface area contributed by atoms with Crippen LogP contribution in [0.15, 0.2) is 48.5 Å². The summed E-state index contributed by atoms with van der Waals surface area (Å²) < 4.78 is 33.0. The molecule has 1 atom stereocenters. The Balaban J connectivity index is 1.33. The number of unbranched alkanes of at least 4 members (excludes halogenated alkanes) is 5. The van der Waals surface area contributed by atoms with Crippen molar-refractivity contribution in [1.29, 1.82) is 0 Å². The SMILES string of the molecule is CCCCCCCCS(=O)(=O)Nc1ccc(N2CCC(NC[C@H](O)COc3ccc(O)cc3)CC2)cc1. The van der Waals surface area contributed by atoms with Gasteiger partial charge in [-0.15, -0.1) is 0 Å². The number of aromatic hydroxyl groups is 1. The second-order valence-electron chi connectivity index (χ2n) is 9.86. The molecule has 37 heavy (non-hydrogen) atoms. The van der Waals surface area contributed by atoms with Gasteiger partial charge in [-0.2, -0.15) is 0 Å². The fraction of sp³-hybridized carbons (Fsp3) is 0.571. The Morgan fingerprint density at radius 1 is 0.973 bits per heavy atom. The molecular weight excluding hydrogens is 490 g/mol. The highest BCUT2D eigenvalue weighted by atomic mass is 32.2. The fourth-order valence-electron chi connectivity index (χ4n) is 4.48. The number of piperidine rings is 1. The molecule has 0 bridgehead atoms. The van der Waals surface area contributed by atoms with Crippen molar-refractivity contribution in [3.63, 3.8) is 0 Å². The average molecular weight is 534 g/mol. The third-order valence-corrected chi connectivity index (χ3v) is 8.06. The summed E-state index contributed by atoms with van der Waals surface area (Å²) in [5.41, 5.74) is 1.69. The summed E-state index contributed by atoms with van der Waals surface area (Å²) in [4.78, 5) is 2.30. The maximum absolute atomic E-state index is 12.4. The lowest BCUT2D eigenvalue weighted by molar-refractivity contribution is 0.102. The predicted octanol–water partition coefficient (Wildman–Crippen LogP) is 4.49. The van der Waals surface area contributed by atoms with Gasteiger partial charge in [0.15, 0.2) is 0 Å². The van der Waals surface area contributed by atoms with Gasteiger partial charge in [-0.3, -0.25) is 4.72 Å². The number of hydrogen-bond donors (Lipinski definition) is 4. The van der Waals surface area contributed by atoms with Crippen LogP contribution in [0, 0.1) is 0 Å². The number of ether oxygens (including phenoxy) is 1. The number of sulfonamides is 1. The van der Waals surface area contributed by atoms with Gasteiger partial charge >= 0.3 is 0 Å². The number of phenols is 1. The molecule has 1 aliphatic heterocycles. The largest absolute Gasteiger partial charge is 0.508 e. The lowest BCUT2D eigenvalue weighted by Crippen LogP contribution is -2.45. The van der Waals surface area contributed by atoms with Crippen LogP contribution in [0.25, 0.3) is 0 Å². The standard InChI is InChI=1S/C28H43N3O5S/c1-2-3-4-5-6-7-20-37(34,35)30-24-8-10-25(11-9-24)31-18-16-23(17-19-31)29-21-27(33)22-36-28-14-12-26(32)13-15-28/h8-15,23,27,29-30,32-33H,2-7,16-22H2,1H3/t27-/m0/s1. The predicted molar refractivity (Wildman–Crippen MR) is 150 cm³/mol. The highest BCUT2D eigenvalue weighted by Gasteiger charge is 2.20. The van der Waals surface area contributed by atoms with Crippen molar-refractivity contribution in [1.82, 2.24) is 5.32 Å². The molecule has 1 aliphatic rings. The maximum Gasteiger partial charge on any atom is 0.232 e. The molecule has 2 aromatic rings. The van der Waals surface area contributed by atoms with Crippen LogP contribution in [-0.2, 0) is 10.0 Å². The normalized spacial score (nSPS) is 15.5. The summed E-state index contributed by atoms with van der Waals surface area (Å²) in [5, 5.41) is 23.0. The molecule has 0 aliphatic carbocycles. The lowest BCUT2D eigenvalue weighted by Gasteiger charge is -2.34. The Kier molecular flexibility index (Phi) is 11.8. The number of benzene rings is 2. The van der Waals surface area contributed by atoms with Crippen molar-refractivity contribution in [2.45, 2.75) is 70.4 Å². The van der Waals surface area contributed by atoms with E-state index >= 15 is 0 Å². The van der Waals surface area contributed by atoms with Gasteiger partial charge in [-0.1, -0.05) is 39.0 Å². The first kappa shape index (κ1) is 29.1. The summed E-state index contributed by atoms with van der Waals surface area (Å²) in [5.74, 6) is 0.959. The zero-order valence-electron chi connectivity index (χ0n) is 21.9. The van der Waals surface area contributed by atoms with Crippen molar-refractivity contribution in [3.05, 3.63) is 48.5 Å². The minimum absolute atomic E-state index is 0.166. The molecule has 0 spiro atoms. The van der Waals surface area contributed by atoms with E-state index in [0.717, 1.165) is 44.5 Å². The molecule has 0 aromatic heterocycles. The summed E-state index contributed by atoms with van der Waals surface area (Å²) in [7, 11) is -3.32. The van der Waals surface area contributed by atoms with Crippen molar-refractivity contribution in [2.75, 3.05) is 41.6 Å². The van der Waals surface area contributed by atoms with E-state index in [4.69, 9.17) is 4.74 Å². The zero-order chi connectivity index (χ0) is 26.5. The van der Waals surface area contributed by atoms with Gasteiger partial charge in [0.25, 0.3) is 0 Å². The number of hydrogen-bond acceptors (Lipinski definition) is 7. The fourth-order valence-corrected chi connectivity index (χ4v) is 5.66. The van der Waals surface area contributed by atoms with E-state index < -0.39 is 16.1 Å².